The van der Waals surface area contributed by atoms with Crippen molar-refractivity contribution in [3.8, 4) is 0 Å². The van der Waals surface area contributed by atoms with Gasteiger partial charge >= 0.3 is 0 Å². The first kappa shape index (κ1) is 24.9. The van der Waals surface area contributed by atoms with Crippen LogP contribution >= 0.6 is 0 Å². The lowest BCUT2D eigenvalue weighted by Crippen LogP contribution is -2.26. The van der Waals surface area contributed by atoms with E-state index in [4.69, 9.17) is 5.73 Å². The molecular formula is C25H30FN5O3. The summed E-state index contributed by atoms with van der Waals surface area (Å²) in [6.07, 6.45) is 4.51. The number of aromatic amines is 1. The van der Waals surface area contributed by atoms with Crippen LogP contribution in [0.25, 0.3) is 11.0 Å². The fraction of sp³-hybridized carbons (Fsp3) is 0.360. The molecule has 3 rings (SSSR count). The number of unbranched alkanes of at least 4 members (excludes halogenated alkanes) is 1. The van der Waals surface area contributed by atoms with Crippen LogP contribution in [-0.2, 0) is 16.1 Å². The molecule has 4 N–H and O–H groups in total. The van der Waals surface area contributed by atoms with E-state index in [1.54, 1.807) is 30.5 Å². The number of imidazole rings is 1. The lowest BCUT2D eigenvalue weighted by atomic mass is 9.85. The van der Waals surface area contributed by atoms with Crippen molar-refractivity contribution < 1.29 is 14.0 Å². The minimum Gasteiger partial charge on any atom is -0.366 e. The van der Waals surface area contributed by atoms with Crippen molar-refractivity contribution in [3.63, 3.8) is 0 Å². The number of primary amides is 1. The number of hydrogen-bond donors (Lipinski definition) is 3. The Balaban J connectivity index is 1.73. The van der Waals surface area contributed by atoms with Gasteiger partial charge in [0.2, 0.25) is 11.8 Å². The number of pyridine rings is 1. The number of nitrogens with one attached hydrogen (secondary N) is 2. The molecule has 0 spiro atoms. The second-order valence-corrected chi connectivity index (χ2v) is 9.26. The van der Waals surface area contributed by atoms with Crippen LogP contribution in [0, 0.1) is 5.41 Å². The molecule has 0 saturated carbocycles. The van der Waals surface area contributed by atoms with Gasteiger partial charge in [0.1, 0.15) is 17.7 Å². The van der Waals surface area contributed by atoms with E-state index in [1.807, 2.05) is 26.8 Å². The molecule has 9 heteroatoms. The second-order valence-electron chi connectivity index (χ2n) is 9.26. The SMILES string of the molecule is CC(C)(C)C(F)c1cccc2[nH]c(Cn3cccc(NC(=O)CCC/C=C/C(N)=O)c3=O)nc12. The molecule has 0 radical (unpaired) electrons. The number of carbonyl (C=O) groups excluding carboxylic acids is 2. The van der Waals surface area contributed by atoms with Gasteiger partial charge in [-0.2, -0.15) is 0 Å². The lowest BCUT2D eigenvalue weighted by molar-refractivity contribution is -0.116. The van der Waals surface area contributed by atoms with Crippen LogP contribution in [0.5, 0.6) is 0 Å². The third kappa shape index (κ3) is 6.18. The number of hydrogen-bond acceptors (Lipinski definition) is 4. The summed E-state index contributed by atoms with van der Waals surface area (Å²) < 4.78 is 16.5. The zero-order valence-electron chi connectivity index (χ0n) is 19.6. The number of carbonyl (C=O) groups is 2. The summed E-state index contributed by atoms with van der Waals surface area (Å²) >= 11 is 0. The Morgan fingerprint density at radius 2 is 2.03 bits per heavy atom. The minimum absolute atomic E-state index is 0.140. The molecule has 1 atom stereocenters. The molecule has 2 amide bonds. The first-order chi connectivity index (χ1) is 16.1. The highest BCUT2D eigenvalue weighted by atomic mass is 19.1. The summed E-state index contributed by atoms with van der Waals surface area (Å²) in [7, 11) is 0. The van der Waals surface area contributed by atoms with Gasteiger partial charge in [0.05, 0.1) is 17.6 Å². The Hall–Kier alpha value is -3.75. The highest BCUT2D eigenvalue weighted by Gasteiger charge is 2.28. The Kier molecular flexibility index (Phi) is 7.65. The van der Waals surface area contributed by atoms with Crippen molar-refractivity contribution in [2.75, 3.05) is 5.32 Å². The molecular weight excluding hydrogens is 437 g/mol. The van der Waals surface area contributed by atoms with Gasteiger partial charge in [-0.3, -0.25) is 14.4 Å². The van der Waals surface area contributed by atoms with E-state index in [2.05, 4.69) is 15.3 Å². The third-order valence-electron chi connectivity index (χ3n) is 5.30. The number of H-pyrrole nitrogens is 1. The molecule has 0 saturated heterocycles. The molecule has 34 heavy (non-hydrogen) atoms. The average Bonchev–Trinajstić information content (AvgIpc) is 3.17. The number of aromatic nitrogens is 3. The van der Waals surface area contributed by atoms with E-state index in [1.165, 1.54) is 16.7 Å². The molecule has 8 nitrogen and oxygen atoms in total. The van der Waals surface area contributed by atoms with Crippen LogP contribution in [0.4, 0.5) is 10.1 Å². The van der Waals surface area contributed by atoms with Crippen molar-refractivity contribution >= 4 is 28.5 Å². The molecule has 0 fully saturated rings. The molecule has 0 bridgehead atoms. The number of benzene rings is 1. The van der Waals surface area contributed by atoms with Gasteiger partial charge in [0, 0.05) is 18.2 Å². The van der Waals surface area contributed by atoms with Crippen molar-refractivity contribution in [1.29, 1.82) is 0 Å². The van der Waals surface area contributed by atoms with Crippen molar-refractivity contribution in [1.82, 2.24) is 14.5 Å². The van der Waals surface area contributed by atoms with E-state index < -0.39 is 17.5 Å². The molecule has 2 aromatic heterocycles. The number of amides is 2. The quantitative estimate of drug-likeness (QED) is 0.325. The topological polar surface area (TPSA) is 123 Å². The van der Waals surface area contributed by atoms with Gasteiger partial charge in [-0.25, -0.2) is 9.37 Å². The molecule has 2 heterocycles. The van der Waals surface area contributed by atoms with Crippen LogP contribution in [0.1, 0.15) is 57.6 Å². The maximum absolute atomic E-state index is 15.0. The smallest absolute Gasteiger partial charge is 0.274 e. The summed E-state index contributed by atoms with van der Waals surface area (Å²) in [6.45, 7) is 5.64. The lowest BCUT2D eigenvalue weighted by Gasteiger charge is -2.24. The zero-order valence-corrected chi connectivity index (χ0v) is 19.6. The molecule has 0 aliphatic carbocycles. The first-order valence-corrected chi connectivity index (χ1v) is 11.1. The van der Waals surface area contributed by atoms with Gasteiger partial charge in [-0.1, -0.05) is 39.0 Å². The zero-order chi connectivity index (χ0) is 24.9. The monoisotopic (exact) mass is 467 g/mol. The number of nitrogens with two attached hydrogens (primary N) is 1. The van der Waals surface area contributed by atoms with Crippen molar-refractivity contribution in [3.05, 3.63) is 70.4 Å². The summed E-state index contributed by atoms with van der Waals surface area (Å²) in [6, 6.07) is 8.54. The van der Waals surface area contributed by atoms with Gasteiger partial charge in [0.25, 0.3) is 5.56 Å². The Morgan fingerprint density at radius 3 is 2.74 bits per heavy atom. The number of para-hydroxylation sites is 1. The number of alkyl halides is 1. The number of fused-ring (bicyclic) bond motifs is 1. The van der Waals surface area contributed by atoms with Crippen LogP contribution in [0.2, 0.25) is 0 Å². The van der Waals surface area contributed by atoms with Crippen LogP contribution in [0.3, 0.4) is 0 Å². The van der Waals surface area contributed by atoms with Gasteiger partial charge in [-0.15, -0.1) is 0 Å². The van der Waals surface area contributed by atoms with E-state index in [-0.39, 0.29) is 30.1 Å². The standard InChI is InChI=1S/C25H30FN5O3/c1-25(2,3)23(26)16-9-7-10-17-22(16)30-20(28-17)15-31-14-8-11-18(24(31)34)29-21(33)13-6-4-5-12-19(27)32/h5,7-12,14,23H,4,6,13,15H2,1-3H3,(H2,27,32)(H,28,30)(H,29,33)/b12-5+. The summed E-state index contributed by atoms with van der Waals surface area (Å²) in [5, 5.41) is 2.64. The van der Waals surface area contributed by atoms with Gasteiger partial charge in [-0.05, 0) is 42.5 Å². The Labute approximate surface area is 197 Å². The predicted molar refractivity (Wildman–Crippen MR) is 130 cm³/mol. The first-order valence-electron chi connectivity index (χ1n) is 11.1. The van der Waals surface area contributed by atoms with E-state index in [0.717, 1.165) is 0 Å². The molecule has 0 aliphatic rings. The van der Waals surface area contributed by atoms with Gasteiger partial charge in [0.15, 0.2) is 0 Å². The second kappa shape index (κ2) is 10.5. The third-order valence-corrected chi connectivity index (χ3v) is 5.30. The van der Waals surface area contributed by atoms with Crippen LogP contribution < -0.4 is 16.6 Å². The van der Waals surface area contributed by atoms with E-state index >= 15 is 4.39 Å². The molecule has 180 valence electrons. The largest absolute Gasteiger partial charge is 0.366 e. The van der Waals surface area contributed by atoms with Crippen molar-refractivity contribution in [2.24, 2.45) is 11.1 Å². The number of rotatable bonds is 9. The predicted octanol–water partition coefficient (Wildman–Crippen LogP) is 3.98. The highest BCUT2D eigenvalue weighted by molar-refractivity contribution is 5.90. The average molecular weight is 468 g/mol. The van der Waals surface area contributed by atoms with Crippen molar-refractivity contribution in [2.45, 2.75) is 52.8 Å². The van der Waals surface area contributed by atoms with Crippen LogP contribution in [-0.4, -0.2) is 26.3 Å². The fourth-order valence-corrected chi connectivity index (χ4v) is 3.56. The normalized spacial score (nSPS) is 12.8. The maximum Gasteiger partial charge on any atom is 0.274 e. The summed E-state index contributed by atoms with van der Waals surface area (Å²) in [5.74, 6) is -0.323. The number of allylic oxidation sites excluding steroid dienone is 1. The number of halogens is 1. The molecule has 1 unspecified atom stereocenters. The number of nitrogens with zero attached hydrogens (tertiary/aromatic N) is 2. The summed E-state index contributed by atoms with van der Waals surface area (Å²) in [4.78, 5) is 43.5. The Morgan fingerprint density at radius 1 is 1.26 bits per heavy atom. The molecule has 3 aromatic rings. The maximum atomic E-state index is 15.0. The van der Waals surface area contributed by atoms with Crippen LogP contribution in [0.15, 0.2) is 53.5 Å². The Bertz CT molecular complexity index is 1270. The number of anilines is 1. The summed E-state index contributed by atoms with van der Waals surface area (Å²) in [5.41, 5.74) is 5.98. The van der Waals surface area contributed by atoms with E-state index in [9.17, 15) is 14.4 Å². The van der Waals surface area contributed by atoms with Gasteiger partial charge < -0.3 is 20.6 Å². The van der Waals surface area contributed by atoms with E-state index in [0.29, 0.717) is 35.3 Å². The molecule has 0 aliphatic heterocycles. The fourth-order valence-electron chi connectivity index (χ4n) is 3.56. The minimum atomic E-state index is -1.19. The molecule has 1 aromatic carbocycles. The highest BCUT2D eigenvalue weighted by Crippen LogP contribution is 2.38.